The van der Waals surface area contributed by atoms with E-state index in [4.69, 9.17) is 4.74 Å². The SMILES string of the molecule is O=C(Nc1nc2c(s1)CCCCC2)[C@H]1CCCO1. The van der Waals surface area contributed by atoms with Gasteiger partial charge in [0.1, 0.15) is 6.10 Å². The Kier molecular flexibility index (Phi) is 3.61. The van der Waals surface area contributed by atoms with Crippen molar-refractivity contribution in [2.45, 2.75) is 51.0 Å². The fourth-order valence-electron chi connectivity index (χ4n) is 2.55. The molecule has 5 heteroatoms. The van der Waals surface area contributed by atoms with Gasteiger partial charge in [0.15, 0.2) is 5.13 Å². The van der Waals surface area contributed by atoms with Crippen LogP contribution >= 0.6 is 11.3 Å². The lowest BCUT2D eigenvalue weighted by atomic mass is 10.2. The summed E-state index contributed by atoms with van der Waals surface area (Å²) in [6, 6.07) is 0. The first-order valence-corrected chi connectivity index (χ1v) is 7.55. The second-order valence-electron chi connectivity index (χ2n) is 4.94. The summed E-state index contributed by atoms with van der Waals surface area (Å²) in [6.07, 6.45) is 7.47. The number of nitrogens with zero attached hydrogens (tertiary/aromatic N) is 1. The van der Waals surface area contributed by atoms with Crippen molar-refractivity contribution < 1.29 is 9.53 Å². The number of rotatable bonds is 2. The molecule has 1 aliphatic heterocycles. The van der Waals surface area contributed by atoms with E-state index in [2.05, 4.69) is 10.3 Å². The molecule has 3 rings (SSSR count). The first kappa shape index (κ1) is 12.1. The number of carbonyl (C=O) groups excluding carboxylic acids is 1. The Balaban J connectivity index is 1.67. The summed E-state index contributed by atoms with van der Waals surface area (Å²) in [5.74, 6) is -0.0311. The van der Waals surface area contributed by atoms with E-state index in [9.17, 15) is 4.79 Å². The van der Waals surface area contributed by atoms with Crippen LogP contribution in [0, 0.1) is 0 Å². The average molecular weight is 266 g/mol. The van der Waals surface area contributed by atoms with E-state index < -0.39 is 0 Å². The van der Waals surface area contributed by atoms with Crippen molar-refractivity contribution in [3.8, 4) is 0 Å². The molecule has 4 nitrogen and oxygen atoms in total. The number of aromatic nitrogens is 1. The van der Waals surface area contributed by atoms with Gasteiger partial charge in [-0.15, -0.1) is 11.3 Å². The first-order chi connectivity index (χ1) is 8.83. The number of aryl methyl sites for hydroxylation is 2. The van der Waals surface area contributed by atoms with Crippen LogP contribution < -0.4 is 5.32 Å². The predicted molar refractivity (Wildman–Crippen MR) is 71.0 cm³/mol. The first-order valence-electron chi connectivity index (χ1n) is 6.74. The Morgan fingerprint density at radius 1 is 1.28 bits per heavy atom. The Bertz CT molecular complexity index is 415. The second kappa shape index (κ2) is 5.36. The van der Waals surface area contributed by atoms with Gasteiger partial charge in [-0.25, -0.2) is 4.98 Å². The maximum absolute atomic E-state index is 11.9. The largest absolute Gasteiger partial charge is 0.368 e. The fourth-order valence-corrected chi connectivity index (χ4v) is 3.61. The number of amides is 1. The molecule has 1 aliphatic carbocycles. The average Bonchev–Trinajstić information content (AvgIpc) is 2.96. The lowest BCUT2D eigenvalue weighted by Crippen LogP contribution is -2.26. The Labute approximate surface area is 111 Å². The third-order valence-electron chi connectivity index (χ3n) is 3.55. The highest BCUT2D eigenvalue weighted by Crippen LogP contribution is 2.29. The highest BCUT2D eigenvalue weighted by Gasteiger charge is 2.25. The number of fused-ring (bicyclic) bond motifs is 1. The van der Waals surface area contributed by atoms with Crippen molar-refractivity contribution in [2.75, 3.05) is 11.9 Å². The van der Waals surface area contributed by atoms with Crippen LogP contribution in [0.3, 0.4) is 0 Å². The summed E-state index contributed by atoms with van der Waals surface area (Å²) >= 11 is 1.64. The summed E-state index contributed by atoms with van der Waals surface area (Å²) in [5, 5.41) is 3.66. The maximum Gasteiger partial charge on any atom is 0.255 e. The molecule has 98 valence electrons. The monoisotopic (exact) mass is 266 g/mol. The molecule has 1 atom stereocenters. The van der Waals surface area contributed by atoms with E-state index in [-0.39, 0.29) is 12.0 Å². The van der Waals surface area contributed by atoms with Gasteiger partial charge in [0.25, 0.3) is 5.91 Å². The molecule has 0 bridgehead atoms. The number of thiazole rings is 1. The van der Waals surface area contributed by atoms with Crippen molar-refractivity contribution in [1.29, 1.82) is 0 Å². The lowest BCUT2D eigenvalue weighted by molar-refractivity contribution is -0.124. The zero-order valence-corrected chi connectivity index (χ0v) is 11.2. The number of hydrogen-bond acceptors (Lipinski definition) is 4. The molecule has 1 aromatic heterocycles. The maximum atomic E-state index is 11.9. The van der Waals surface area contributed by atoms with Crippen LogP contribution in [0.5, 0.6) is 0 Å². The van der Waals surface area contributed by atoms with Crippen LogP contribution in [0.25, 0.3) is 0 Å². The van der Waals surface area contributed by atoms with Crippen LogP contribution in [0.2, 0.25) is 0 Å². The van der Waals surface area contributed by atoms with Crippen molar-refractivity contribution >= 4 is 22.4 Å². The fraction of sp³-hybridized carbons (Fsp3) is 0.692. The highest BCUT2D eigenvalue weighted by atomic mass is 32.1. The number of ether oxygens (including phenoxy) is 1. The standard InChI is InChI=1S/C13H18N2O2S/c16-12(10-6-4-8-17-10)15-13-14-9-5-2-1-3-7-11(9)18-13/h10H,1-8H2,(H,14,15,16)/t10-/m1/s1. The molecule has 1 amide bonds. The third kappa shape index (κ3) is 2.57. The van der Waals surface area contributed by atoms with E-state index >= 15 is 0 Å². The number of anilines is 1. The van der Waals surface area contributed by atoms with Gasteiger partial charge in [0.05, 0.1) is 5.69 Å². The molecule has 0 unspecified atom stereocenters. The summed E-state index contributed by atoms with van der Waals surface area (Å²) < 4.78 is 5.37. The summed E-state index contributed by atoms with van der Waals surface area (Å²) in [5.41, 5.74) is 1.19. The molecule has 1 fully saturated rings. The van der Waals surface area contributed by atoms with E-state index in [0.717, 1.165) is 30.8 Å². The van der Waals surface area contributed by atoms with E-state index in [1.807, 2.05) is 0 Å². The van der Waals surface area contributed by atoms with Gasteiger partial charge in [-0.2, -0.15) is 0 Å². The minimum absolute atomic E-state index is 0.0311. The highest BCUT2D eigenvalue weighted by molar-refractivity contribution is 7.15. The topological polar surface area (TPSA) is 51.2 Å². The van der Waals surface area contributed by atoms with Crippen molar-refractivity contribution in [2.24, 2.45) is 0 Å². The quantitative estimate of drug-likeness (QED) is 0.837. The van der Waals surface area contributed by atoms with E-state index in [1.165, 1.54) is 29.8 Å². The predicted octanol–water partition coefficient (Wildman–Crippen LogP) is 2.53. The second-order valence-corrected chi connectivity index (χ2v) is 6.02. The van der Waals surface area contributed by atoms with E-state index in [0.29, 0.717) is 6.61 Å². The van der Waals surface area contributed by atoms with Gasteiger partial charge in [0.2, 0.25) is 0 Å². The molecule has 2 aliphatic rings. The van der Waals surface area contributed by atoms with Crippen molar-refractivity contribution in [3.05, 3.63) is 10.6 Å². The third-order valence-corrected chi connectivity index (χ3v) is 4.62. The lowest BCUT2D eigenvalue weighted by Gasteiger charge is -2.07. The summed E-state index contributed by atoms with van der Waals surface area (Å²) in [4.78, 5) is 17.8. The molecule has 0 radical (unpaired) electrons. The Morgan fingerprint density at radius 3 is 3.00 bits per heavy atom. The smallest absolute Gasteiger partial charge is 0.255 e. The molecule has 1 saturated heterocycles. The molecule has 0 aromatic carbocycles. The van der Waals surface area contributed by atoms with Crippen LogP contribution in [0.4, 0.5) is 5.13 Å². The van der Waals surface area contributed by atoms with Gasteiger partial charge in [-0.05, 0) is 38.5 Å². The molecule has 1 N–H and O–H groups in total. The van der Waals surface area contributed by atoms with Crippen LogP contribution in [0.15, 0.2) is 0 Å². The molecular formula is C13H18N2O2S. The number of hydrogen-bond donors (Lipinski definition) is 1. The Morgan fingerprint density at radius 2 is 2.17 bits per heavy atom. The number of nitrogens with one attached hydrogen (secondary N) is 1. The molecule has 0 saturated carbocycles. The summed E-state index contributed by atoms with van der Waals surface area (Å²) in [7, 11) is 0. The summed E-state index contributed by atoms with van der Waals surface area (Å²) in [6.45, 7) is 0.701. The van der Waals surface area contributed by atoms with Gasteiger partial charge in [-0.1, -0.05) is 6.42 Å². The van der Waals surface area contributed by atoms with Crippen LogP contribution in [0.1, 0.15) is 42.7 Å². The van der Waals surface area contributed by atoms with Gasteiger partial charge < -0.3 is 4.74 Å². The van der Waals surface area contributed by atoms with Gasteiger partial charge in [0, 0.05) is 11.5 Å². The normalized spacial score (nSPS) is 23.4. The van der Waals surface area contributed by atoms with Gasteiger partial charge in [-0.3, -0.25) is 10.1 Å². The van der Waals surface area contributed by atoms with Crippen molar-refractivity contribution in [1.82, 2.24) is 4.98 Å². The molecule has 18 heavy (non-hydrogen) atoms. The Hall–Kier alpha value is -0.940. The van der Waals surface area contributed by atoms with Crippen LogP contribution in [-0.2, 0) is 22.4 Å². The number of carbonyl (C=O) groups is 1. The van der Waals surface area contributed by atoms with Crippen LogP contribution in [-0.4, -0.2) is 23.6 Å². The molecule has 0 spiro atoms. The zero-order valence-electron chi connectivity index (χ0n) is 10.4. The van der Waals surface area contributed by atoms with Crippen molar-refractivity contribution in [3.63, 3.8) is 0 Å². The molecule has 1 aromatic rings. The molecule has 2 heterocycles. The minimum atomic E-state index is -0.270. The van der Waals surface area contributed by atoms with Gasteiger partial charge >= 0.3 is 0 Å². The van der Waals surface area contributed by atoms with E-state index in [1.54, 1.807) is 11.3 Å². The zero-order chi connectivity index (χ0) is 12.4. The minimum Gasteiger partial charge on any atom is -0.368 e. The molecular weight excluding hydrogens is 248 g/mol.